The quantitative estimate of drug-likeness (QED) is 0.836. The van der Waals surface area contributed by atoms with Gasteiger partial charge in [-0.2, -0.15) is 0 Å². The molecule has 0 radical (unpaired) electrons. The molecule has 1 amide bonds. The number of nitrogens with zero attached hydrogens (tertiary/aromatic N) is 1. The molecule has 1 N–H and O–H groups in total. The molecule has 2 atom stereocenters. The highest BCUT2D eigenvalue weighted by Gasteiger charge is 2.29. The van der Waals surface area contributed by atoms with Crippen molar-refractivity contribution >= 4 is 6.09 Å². The van der Waals surface area contributed by atoms with E-state index in [1.807, 2.05) is 0 Å². The van der Waals surface area contributed by atoms with E-state index in [4.69, 9.17) is 0 Å². The zero-order valence-corrected chi connectivity index (χ0v) is 9.88. The van der Waals surface area contributed by atoms with Gasteiger partial charge in [0.2, 0.25) is 0 Å². The van der Waals surface area contributed by atoms with Crippen LogP contribution in [0.25, 0.3) is 0 Å². The summed E-state index contributed by atoms with van der Waals surface area (Å²) in [5.41, 5.74) is 0.938. The van der Waals surface area contributed by atoms with Crippen LogP contribution < -0.4 is 5.11 Å². The van der Waals surface area contributed by atoms with Crippen LogP contribution in [-0.2, 0) is 0 Å². The first kappa shape index (κ1) is 12.8. The number of carbonyl (C=O) groups excluding carboxylic acids is 1. The van der Waals surface area contributed by atoms with Crippen LogP contribution in [-0.4, -0.2) is 35.8 Å². The van der Waals surface area contributed by atoms with Crippen molar-refractivity contribution in [1.29, 1.82) is 0 Å². The predicted octanol–water partition coefficient (Wildman–Crippen LogP) is 0.567. The van der Waals surface area contributed by atoms with Gasteiger partial charge in [-0.3, -0.25) is 0 Å². The number of likely N-dealkylation sites (tertiary alicyclic amines) is 1. The number of halogens is 1. The maximum Gasteiger partial charge on any atom is 0.136 e. The van der Waals surface area contributed by atoms with Crippen LogP contribution in [0.4, 0.5) is 9.18 Å². The average Bonchev–Trinajstić information content (AvgIpc) is 2.39. The van der Waals surface area contributed by atoms with Crippen LogP contribution in [0.15, 0.2) is 24.3 Å². The van der Waals surface area contributed by atoms with Crippen LogP contribution in [0, 0.1) is 11.7 Å². The number of carboxylic acid groups (broad SMARTS) is 1. The monoisotopic (exact) mass is 252 g/mol. The second-order valence-corrected chi connectivity index (χ2v) is 4.60. The van der Waals surface area contributed by atoms with Gasteiger partial charge in [0.15, 0.2) is 0 Å². The topological polar surface area (TPSA) is 63.6 Å². The lowest BCUT2D eigenvalue weighted by Crippen LogP contribution is -2.49. The molecular weight excluding hydrogens is 237 g/mol. The van der Waals surface area contributed by atoms with Crippen LogP contribution >= 0.6 is 0 Å². The summed E-state index contributed by atoms with van der Waals surface area (Å²) in [4.78, 5) is 12.0. The minimum atomic E-state index is -1.20. The lowest BCUT2D eigenvalue weighted by molar-refractivity contribution is -0.267. The van der Waals surface area contributed by atoms with E-state index in [0.29, 0.717) is 13.0 Å². The molecule has 1 aliphatic rings. The maximum atomic E-state index is 12.9. The summed E-state index contributed by atoms with van der Waals surface area (Å²) in [5, 5.41) is 20.2. The molecular formula is C13H15FNO3-. The van der Waals surface area contributed by atoms with Gasteiger partial charge < -0.3 is 19.9 Å². The summed E-state index contributed by atoms with van der Waals surface area (Å²) >= 11 is 0. The third-order valence-electron chi connectivity index (χ3n) is 3.52. The molecule has 0 aliphatic carbocycles. The zero-order valence-electron chi connectivity index (χ0n) is 9.88. The van der Waals surface area contributed by atoms with Crippen LogP contribution in [0.3, 0.4) is 0 Å². The van der Waals surface area contributed by atoms with E-state index in [9.17, 15) is 19.4 Å². The average molecular weight is 252 g/mol. The number of benzene rings is 1. The zero-order chi connectivity index (χ0) is 13.1. The highest BCUT2D eigenvalue weighted by Crippen LogP contribution is 2.32. The molecule has 1 aromatic carbocycles. The van der Waals surface area contributed by atoms with Crippen molar-refractivity contribution in [3.63, 3.8) is 0 Å². The third-order valence-corrected chi connectivity index (χ3v) is 3.52. The Morgan fingerprint density at radius 2 is 2.11 bits per heavy atom. The normalized spacial score (nSPS) is 24.0. The molecule has 1 aliphatic heterocycles. The molecule has 1 fully saturated rings. The summed E-state index contributed by atoms with van der Waals surface area (Å²) in [6.07, 6.45) is -0.587. The number of hydrogen-bond donors (Lipinski definition) is 1. The lowest BCUT2D eigenvalue weighted by atomic mass is 9.81. The van der Waals surface area contributed by atoms with Gasteiger partial charge in [0.05, 0.1) is 0 Å². The van der Waals surface area contributed by atoms with Crippen LogP contribution in [0.1, 0.15) is 17.9 Å². The van der Waals surface area contributed by atoms with Gasteiger partial charge >= 0.3 is 0 Å². The van der Waals surface area contributed by atoms with Gasteiger partial charge in [0.25, 0.3) is 0 Å². The smallest absolute Gasteiger partial charge is 0.136 e. The van der Waals surface area contributed by atoms with E-state index in [0.717, 1.165) is 5.56 Å². The van der Waals surface area contributed by atoms with E-state index in [2.05, 4.69) is 0 Å². The van der Waals surface area contributed by atoms with Crippen molar-refractivity contribution < 1.29 is 19.4 Å². The predicted molar refractivity (Wildman–Crippen MR) is 61.3 cm³/mol. The molecule has 0 spiro atoms. The van der Waals surface area contributed by atoms with Crippen molar-refractivity contribution in [2.45, 2.75) is 12.3 Å². The van der Waals surface area contributed by atoms with Gasteiger partial charge in [-0.25, -0.2) is 4.39 Å². The Morgan fingerprint density at radius 3 is 2.67 bits per heavy atom. The first-order valence-corrected chi connectivity index (χ1v) is 5.94. The number of hydrogen-bond acceptors (Lipinski definition) is 3. The van der Waals surface area contributed by atoms with E-state index < -0.39 is 6.09 Å². The van der Waals surface area contributed by atoms with E-state index in [-0.39, 0.29) is 30.8 Å². The van der Waals surface area contributed by atoms with Crippen LogP contribution in [0.2, 0.25) is 0 Å². The molecule has 2 rings (SSSR count). The Labute approximate surface area is 105 Å². The van der Waals surface area contributed by atoms with Gasteiger partial charge in [-0.15, -0.1) is 0 Å². The van der Waals surface area contributed by atoms with Crippen molar-refractivity contribution in [1.82, 2.24) is 4.90 Å². The van der Waals surface area contributed by atoms with Crippen molar-refractivity contribution in [3.8, 4) is 0 Å². The molecule has 4 nitrogen and oxygen atoms in total. The van der Waals surface area contributed by atoms with Crippen molar-refractivity contribution in [3.05, 3.63) is 35.6 Å². The van der Waals surface area contributed by atoms with E-state index in [1.165, 1.54) is 17.0 Å². The first-order chi connectivity index (χ1) is 8.61. The second kappa shape index (κ2) is 5.35. The van der Waals surface area contributed by atoms with E-state index in [1.54, 1.807) is 12.1 Å². The largest absolute Gasteiger partial charge is 0.530 e. The van der Waals surface area contributed by atoms with Crippen molar-refractivity contribution in [2.24, 2.45) is 5.92 Å². The highest BCUT2D eigenvalue weighted by molar-refractivity contribution is 5.62. The molecule has 1 saturated heterocycles. The summed E-state index contributed by atoms with van der Waals surface area (Å²) < 4.78 is 12.9. The molecule has 5 heteroatoms. The fourth-order valence-corrected chi connectivity index (χ4v) is 2.53. The maximum absolute atomic E-state index is 12.9. The number of amides is 1. The number of piperidine rings is 1. The number of carbonyl (C=O) groups is 1. The van der Waals surface area contributed by atoms with Gasteiger partial charge in [-0.1, -0.05) is 12.1 Å². The SMILES string of the molecule is O=C([O-])N1CCC(c2ccc(F)cc2)C(CO)C1. The van der Waals surface area contributed by atoms with Crippen LogP contribution in [0.5, 0.6) is 0 Å². The Hall–Kier alpha value is -1.62. The van der Waals surface area contributed by atoms with Gasteiger partial charge in [-0.05, 0) is 30.0 Å². The molecule has 0 bridgehead atoms. The minimum Gasteiger partial charge on any atom is -0.530 e. The standard InChI is InChI=1S/C13H16FNO3/c14-11-3-1-9(2-4-11)12-5-6-15(13(17)18)7-10(12)8-16/h1-4,10,12,16H,5-8H2,(H,17,18)/p-1. The fraction of sp³-hybridized carbons (Fsp3) is 0.462. The highest BCUT2D eigenvalue weighted by atomic mass is 19.1. The second-order valence-electron chi connectivity index (χ2n) is 4.60. The molecule has 1 heterocycles. The third kappa shape index (κ3) is 2.61. The lowest BCUT2D eigenvalue weighted by Gasteiger charge is -2.39. The molecule has 0 saturated carbocycles. The summed E-state index contributed by atoms with van der Waals surface area (Å²) in [5.74, 6) is -0.403. The molecule has 2 unspecified atom stereocenters. The summed E-state index contributed by atoms with van der Waals surface area (Å²) in [6.45, 7) is 0.563. The Kier molecular flexibility index (Phi) is 3.81. The van der Waals surface area contributed by atoms with E-state index >= 15 is 0 Å². The molecule has 98 valence electrons. The Bertz CT molecular complexity index is 421. The van der Waals surface area contributed by atoms with Crippen molar-refractivity contribution in [2.75, 3.05) is 19.7 Å². The van der Waals surface area contributed by atoms with Gasteiger partial charge in [0, 0.05) is 25.6 Å². The Morgan fingerprint density at radius 1 is 1.44 bits per heavy atom. The minimum absolute atomic E-state index is 0.0613. The summed E-state index contributed by atoms with van der Waals surface area (Å²) in [6, 6.07) is 6.15. The molecule has 18 heavy (non-hydrogen) atoms. The fourth-order valence-electron chi connectivity index (χ4n) is 2.53. The number of aliphatic hydroxyl groups is 1. The number of aliphatic hydroxyl groups excluding tert-OH is 1. The molecule has 0 aromatic heterocycles. The van der Waals surface area contributed by atoms with Gasteiger partial charge in [0.1, 0.15) is 11.9 Å². The first-order valence-electron chi connectivity index (χ1n) is 5.94. The number of rotatable bonds is 2. The summed E-state index contributed by atoms with van der Waals surface area (Å²) in [7, 11) is 0. The Balaban J connectivity index is 2.14. The molecule has 1 aromatic rings.